The van der Waals surface area contributed by atoms with Gasteiger partial charge in [0.15, 0.2) is 0 Å². The second-order valence-corrected chi connectivity index (χ2v) is 14.5. The van der Waals surface area contributed by atoms with Gasteiger partial charge in [-0.15, -0.1) is 0 Å². The number of carbonyl (C=O) groups excluding carboxylic acids is 3. The van der Waals surface area contributed by atoms with Crippen molar-refractivity contribution in [2.24, 2.45) is 5.92 Å². The van der Waals surface area contributed by atoms with E-state index in [1.54, 1.807) is 18.2 Å². The highest BCUT2D eigenvalue weighted by Gasteiger charge is 2.47. The third kappa shape index (κ3) is 9.46. The lowest BCUT2D eigenvalue weighted by Crippen LogP contribution is -2.54. The van der Waals surface area contributed by atoms with Crippen LogP contribution in [-0.2, 0) is 30.6 Å². The normalized spacial score (nSPS) is 17.8. The molecule has 0 spiro atoms. The Balaban J connectivity index is 1.29. The molecular weight excluding hydrogens is 616 g/mol. The fraction of sp³-hybridized carbons (Fsp3) is 0.333. The van der Waals surface area contributed by atoms with Crippen LogP contribution in [0.25, 0.3) is 10.9 Å². The highest BCUT2D eigenvalue weighted by atomic mass is 32.2. The summed E-state index contributed by atoms with van der Waals surface area (Å²) in [7, 11) is -3.68. The standard InChI is InChI=1S/C36H40N4O6S/c1-23(2)33(26-15-8-5-9-16-26)40-32(41)21-31-34(46-31)29(20-24-12-6-4-7-13-24)38-36(43)30(22-47(3,44)45)39-35(42)28-19-18-25-14-10-11-17-27(25)37-28/h4-19,23,29-31,33-34H,20-22H2,1-3H3,(H,38,43)(H,39,42)(H,40,41)/t29-,30-,31-,33+,34+/m0/s1. The number of benzene rings is 3. The first-order valence-corrected chi connectivity index (χ1v) is 17.7. The molecule has 0 saturated carbocycles. The SMILES string of the molecule is CC(C)[C@@H](NC(=O)C[C@@H]1O[C@@H]1[C@H](Cc1ccccc1)NC(=O)[C@H](CS(C)(=O)=O)NC(=O)c1ccc2ccccc2n1)c1ccccc1. The number of hydrogen-bond acceptors (Lipinski definition) is 7. The highest BCUT2D eigenvalue weighted by molar-refractivity contribution is 7.90. The number of fused-ring (bicyclic) bond motifs is 1. The quantitative estimate of drug-likeness (QED) is 0.175. The van der Waals surface area contributed by atoms with E-state index in [0.29, 0.717) is 11.9 Å². The van der Waals surface area contributed by atoms with Crippen LogP contribution in [0.2, 0.25) is 0 Å². The molecule has 5 rings (SSSR count). The second-order valence-electron chi connectivity index (χ2n) is 12.4. The molecule has 10 nitrogen and oxygen atoms in total. The first-order chi connectivity index (χ1) is 22.5. The van der Waals surface area contributed by atoms with Gasteiger partial charge in [-0.3, -0.25) is 14.4 Å². The average molecular weight is 657 g/mol. The zero-order valence-corrected chi connectivity index (χ0v) is 27.4. The van der Waals surface area contributed by atoms with Gasteiger partial charge in [0.2, 0.25) is 11.8 Å². The maximum absolute atomic E-state index is 13.7. The summed E-state index contributed by atoms with van der Waals surface area (Å²) < 4.78 is 30.7. The molecule has 5 atom stereocenters. The zero-order valence-electron chi connectivity index (χ0n) is 26.6. The second kappa shape index (κ2) is 14.9. The van der Waals surface area contributed by atoms with E-state index < -0.39 is 51.7 Å². The maximum Gasteiger partial charge on any atom is 0.270 e. The Labute approximate surface area is 275 Å². The van der Waals surface area contributed by atoms with Gasteiger partial charge < -0.3 is 20.7 Å². The van der Waals surface area contributed by atoms with E-state index in [4.69, 9.17) is 4.74 Å². The fourth-order valence-corrected chi connectivity index (χ4v) is 6.54. The van der Waals surface area contributed by atoms with Crippen molar-refractivity contribution >= 4 is 38.5 Å². The van der Waals surface area contributed by atoms with E-state index in [-0.39, 0.29) is 30.0 Å². The lowest BCUT2D eigenvalue weighted by Gasteiger charge is -2.23. The molecule has 1 fully saturated rings. The van der Waals surface area contributed by atoms with Crippen molar-refractivity contribution < 1.29 is 27.5 Å². The minimum Gasteiger partial charge on any atom is -0.367 e. The summed E-state index contributed by atoms with van der Waals surface area (Å²) in [5.41, 5.74) is 2.58. The smallest absolute Gasteiger partial charge is 0.270 e. The predicted molar refractivity (Wildman–Crippen MR) is 180 cm³/mol. The first-order valence-electron chi connectivity index (χ1n) is 15.7. The van der Waals surface area contributed by atoms with Gasteiger partial charge in [0.05, 0.1) is 35.9 Å². The molecule has 1 aliphatic heterocycles. The van der Waals surface area contributed by atoms with E-state index in [1.165, 1.54) is 6.07 Å². The zero-order chi connectivity index (χ0) is 33.6. The Morgan fingerprint density at radius 2 is 1.49 bits per heavy atom. The number of nitrogens with one attached hydrogen (secondary N) is 3. The summed E-state index contributed by atoms with van der Waals surface area (Å²) >= 11 is 0. The topological polar surface area (TPSA) is 147 Å². The molecular formula is C36H40N4O6S. The van der Waals surface area contributed by atoms with Gasteiger partial charge in [-0.2, -0.15) is 0 Å². The van der Waals surface area contributed by atoms with Crippen LogP contribution in [0.1, 0.15) is 47.9 Å². The Morgan fingerprint density at radius 3 is 2.17 bits per heavy atom. The van der Waals surface area contributed by atoms with Crippen LogP contribution in [0.4, 0.5) is 0 Å². The Bertz CT molecular complexity index is 1820. The fourth-order valence-electron chi connectivity index (χ4n) is 5.70. The molecule has 1 saturated heterocycles. The number of epoxide rings is 1. The third-order valence-electron chi connectivity index (χ3n) is 8.10. The number of aromatic nitrogens is 1. The van der Waals surface area contributed by atoms with Crippen molar-refractivity contribution in [1.82, 2.24) is 20.9 Å². The molecule has 1 aromatic heterocycles. The van der Waals surface area contributed by atoms with Crippen LogP contribution in [0.15, 0.2) is 97.1 Å². The molecule has 246 valence electrons. The number of sulfone groups is 1. The number of nitrogens with zero attached hydrogens (tertiary/aromatic N) is 1. The number of hydrogen-bond donors (Lipinski definition) is 3. The number of pyridine rings is 1. The molecule has 4 aromatic rings. The number of carbonyl (C=O) groups is 3. The first kappa shape index (κ1) is 33.7. The van der Waals surface area contributed by atoms with Crippen molar-refractivity contribution in [3.63, 3.8) is 0 Å². The van der Waals surface area contributed by atoms with Gasteiger partial charge in [0.1, 0.15) is 27.7 Å². The molecule has 11 heteroatoms. The van der Waals surface area contributed by atoms with E-state index >= 15 is 0 Å². The monoisotopic (exact) mass is 656 g/mol. The summed E-state index contributed by atoms with van der Waals surface area (Å²) in [6.07, 6.45) is 0.542. The highest BCUT2D eigenvalue weighted by Crippen LogP contribution is 2.31. The third-order valence-corrected chi connectivity index (χ3v) is 9.03. The maximum atomic E-state index is 13.7. The predicted octanol–water partition coefficient (Wildman–Crippen LogP) is 3.78. The molecule has 0 aliphatic carbocycles. The molecule has 3 amide bonds. The molecule has 0 bridgehead atoms. The number of rotatable bonds is 14. The summed E-state index contributed by atoms with van der Waals surface area (Å²) in [6, 6.07) is 27.6. The molecule has 1 aliphatic rings. The van der Waals surface area contributed by atoms with Crippen LogP contribution in [0, 0.1) is 5.92 Å². The average Bonchev–Trinajstić information content (AvgIpc) is 3.81. The Hall–Kier alpha value is -4.61. The van der Waals surface area contributed by atoms with Crippen LogP contribution in [0.5, 0.6) is 0 Å². The van der Waals surface area contributed by atoms with Gasteiger partial charge in [0, 0.05) is 11.6 Å². The summed E-state index contributed by atoms with van der Waals surface area (Å²) in [5.74, 6) is -1.96. The van der Waals surface area contributed by atoms with Crippen LogP contribution < -0.4 is 16.0 Å². The molecule has 0 unspecified atom stereocenters. The minimum atomic E-state index is -3.68. The van der Waals surface area contributed by atoms with Gasteiger partial charge in [-0.05, 0) is 35.6 Å². The van der Waals surface area contributed by atoms with Gasteiger partial charge in [-0.1, -0.05) is 98.8 Å². The van der Waals surface area contributed by atoms with Crippen molar-refractivity contribution in [2.75, 3.05) is 12.0 Å². The van der Waals surface area contributed by atoms with Crippen molar-refractivity contribution in [3.8, 4) is 0 Å². The van der Waals surface area contributed by atoms with Crippen LogP contribution in [-0.4, -0.2) is 67.4 Å². The van der Waals surface area contributed by atoms with E-state index in [9.17, 15) is 22.8 Å². The van der Waals surface area contributed by atoms with Crippen molar-refractivity contribution in [1.29, 1.82) is 0 Å². The van der Waals surface area contributed by atoms with Crippen LogP contribution in [0.3, 0.4) is 0 Å². The molecule has 3 N–H and O–H groups in total. The minimum absolute atomic E-state index is 0.0580. The lowest BCUT2D eigenvalue weighted by atomic mass is 9.95. The number of ether oxygens (including phenoxy) is 1. The van der Waals surface area contributed by atoms with Crippen LogP contribution >= 0.6 is 0 Å². The van der Waals surface area contributed by atoms with Gasteiger partial charge in [0.25, 0.3) is 5.91 Å². The van der Waals surface area contributed by atoms with E-state index in [2.05, 4.69) is 20.9 Å². The van der Waals surface area contributed by atoms with Gasteiger partial charge in [-0.25, -0.2) is 13.4 Å². The molecule has 3 aromatic carbocycles. The summed E-state index contributed by atoms with van der Waals surface area (Å²) in [4.78, 5) is 44.4. The van der Waals surface area contributed by atoms with Crippen molar-refractivity contribution in [2.45, 2.75) is 57.0 Å². The van der Waals surface area contributed by atoms with Gasteiger partial charge >= 0.3 is 0 Å². The lowest BCUT2D eigenvalue weighted by molar-refractivity contribution is -0.123. The number of amides is 3. The molecule has 2 heterocycles. The van der Waals surface area contributed by atoms with Crippen molar-refractivity contribution in [3.05, 3.63) is 114 Å². The van der Waals surface area contributed by atoms with E-state index in [1.807, 2.05) is 86.6 Å². The Kier molecular flexibility index (Phi) is 10.7. The number of para-hydroxylation sites is 1. The summed E-state index contributed by atoms with van der Waals surface area (Å²) in [5, 5.41) is 9.46. The molecule has 47 heavy (non-hydrogen) atoms. The summed E-state index contributed by atoms with van der Waals surface area (Å²) in [6.45, 7) is 4.09. The Morgan fingerprint density at radius 1 is 0.830 bits per heavy atom. The largest absolute Gasteiger partial charge is 0.367 e. The van der Waals surface area contributed by atoms with E-state index in [0.717, 1.165) is 22.8 Å². The molecule has 0 radical (unpaired) electrons.